The van der Waals surface area contributed by atoms with Crippen LogP contribution in [-0.2, 0) is 6.18 Å². The van der Waals surface area contributed by atoms with Crippen LogP contribution in [-0.4, -0.2) is 34.0 Å². The van der Waals surface area contributed by atoms with E-state index in [9.17, 15) is 26.3 Å². The van der Waals surface area contributed by atoms with E-state index in [2.05, 4.69) is 25.3 Å². The molecule has 0 radical (unpaired) electrons. The van der Waals surface area contributed by atoms with Gasteiger partial charge in [0.15, 0.2) is 0 Å². The van der Waals surface area contributed by atoms with E-state index < -0.39 is 29.9 Å². The van der Waals surface area contributed by atoms with Gasteiger partial charge in [-0.15, -0.1) is 0 Å². The number of halogens is 7. The van der Waals surface area contributed by atoms with Crippen LogP contribution >= 0.6 is 27.5 Å². The van der Waals surface area contributed by atoms with Gasteiger partial charge < -0.3 is 4.90 Å². The molecule has 0 aliphatic carbocycles. The molecule has 0 aliphatic rings. The number of alkyl halides is 7. The molecule has 0 aliphatic heterocycles. The lowest BCUT2D eigenvalue weighted by Gasteiger charge is -2.21. The number of hydrogen-bond acceptors (Lipinski definition) is 4. The molecule has 11 heteroatoms. The van der Waals surface area contributed by atoms with E-state index in [1.165, 1.54) is 0 Å². The van der Waals surface area contributed by atoms with Crippen LogP contribution in [0.1, 0.15) is 5.82 Å². The maximum Gasteiger partial charge on any atom is 0.452 e. The molecule has 0 fully saturated rings. The van der Waals surface area contributed by atoms with Crippen LogP contribution in [0.4, 0.5) is 31.5 Å². The summed E-state index contributed by atoms with van der Waals surface area (Å²) in [4.78, 5) is 3.77. The summed E-state index contributed by atoms with van der Waals surface area (Å²) in [7, 11) is 0. The van der Waals surface area contributed by atoms with Gasteiger partial charge in [-0.25, -0.2) is 0 Å². The Bertz CT molecular complexity index is 389. The second-order valence-corrected chi connectivity index (χ2v) is 4.65. The molecule has 0 atom stereocenters. The standard InChI is InChI=1S/C7H6BrF6N3S/c8-1-2-17(3-6(9,10)11)5-15-4(16-18-5)7(12,13)14/h1-3H2. The van der Waals surface area contributed by atoms with Crippen molar-refractivity contribution in [1.82, 2.24) is 9.36 Å². The van der Waals surface area contributed by atoms with Crippen LogP contribution in [0, 0.1) is 0 Å². The topological polar surface area (TPSA) is 29.0 Å². The van der Waals surface area contributed by atoms with Crippen LogP contribution in [0.25, 0.3) is 0 Å². The van der Waals surface area contributed by atoms with Gasteiger partial charge in [0.2, 0.25) is 11.0 Å². The molecule has 1 aromatic rings. The lowest BCUT2D eigenvalue weighted by Crippen LogP contribution is -2.35. The molecule has 0 aromatic carbocycles. The first-order valence-corrected chi connectivity index (χ1v) is 6.31. The van der Waals surface area contributed by atoms with Crippen molar-refractivity contribution in [3.05, 3.63) is 5.82 Å². The Labute approximate surface area is 110 Å². The molecule has 0 amide bonds. The van der Waals surface area contributed by atoms with E-state index in [0.717, 1.165) is 0 Å². The van der Waals surface area contributed by atoms with E-state index in [0.29, 0.717) is 4.90 Å². The quantitative estimate of drug-likeness (QED) is 0.611. The van der Waals surface area contributed by atoms with E-state index in [1.807, 2.05) is 0 Å². The van der Waals surface area contributed by atoms with Crippen molar-refractivity contribution in [3.8, 4) is 0 Å². The highest BCUT2D eigenvalue weighted by molar-refractivity contribution is 9.09. The molecule has 0 saturated heterocycles. The van der Waals surface area contributed by atoms with Gasteiger partial charge in [0.05, 0.1) is 0 Å². The highest BCUT2D eigenvalue weighted by Crippen LogP contribution is 2.31. The Morgan fingerprint density at radius 1 is 1.17 bits per heavy atom. The molecule has 1 rings (SSSR count). The average molecular weight is 358 g/mol. The van der Waals surface area contributed by atoms with Gasteiger partial charge in [0.1, 0.15) is 6.54 Å². The number of hydrogen-bond donors (Lipinski definition) is 0. The van der Waals surface area contributed by atoms with Crippen molar-refractivity contribution < 1.29 is 26.3 Å². The van der Waals surface area contributed by atoms with Crippen LogP contribution in [0.15, 0.2) is 0 Å². The van der Waals surface area contributed by atoms with Gasteiger partial charge in [-0.1, -0.05) is 15.9 Å². The molecule has 0 bridgehead atoms. The summed E-state index contributed by atoms with van der Waals surface area (Å²) < 4.78 is 76.4. The number of rotatable bonds is 4. The number of aromatic nitrogens is 2. The fourth-order valence-electron chi connectivity index (χ4n) is 1.02. The Balaban J connectivity index is 2.89. The van der Waals surface area contributed by atoms with E-state index in [4.69, 9.17) is 0 Å². The van der Waals surface area contributed by atoms with Crippen LogP contribution in [0.3, 0.4) is 0 Å². The Morgan fingerprint density at radius 2 is 1.78 bits per heavy atom. The minimum atomic E-state index is -4.76. The van der Waals surface area contributed by atoms with Crippen LogP contribution in [0.5, 0.6) is 0 Å². The lowest BCUT2D eigenvalue weighted by molar-refractivity contribution is -0.144. The molecule has 1 heterocycles. The maximum absolute atomic E-state index is 12.2. The molecule has 104 valence electrons. The first-order chi connectivity index (χ1) is 8.13. The maximum atomic E-state index is 12.2. The summed E-state index contributed by atoms with van der Waals surface area (Å²) in [6.07, 6.45) is -9.28. The molecule has 0 saturated carbocycles. The van der Waals surface area contributed by atoms with Crippen LogP contribution < -0.4 is 4.90 Å². The Morgan fingerprint density at radius 3 is 2.17 bits per heavy atom. The molecule has 0 unspecified atom stereocenters. The third-order valence-corrected chi connectivity index (χ3v) is 2.80. The molecular formula is C7H6BrF6N3S. The van der Waals surface area contributed by atoms with Gasteiger partial charge in [-0.05, 0) is 0 Å². The smallest absolute Gasteiger partial charge is 0.337 e. The second kappa shape index (κ2) is 5.59. The minimum Gasteiger partial charge on any atom is -0.337 e. The predicted molar refractivity (Wildman–Crippen MR) is 57.0 cm³/mol. The average Bonchev–Trinajstić information content (AvgIpc) is 2.62. The Hall–Kier alpha value is -0.580. The molecule has 0 N–H and O–H groups in total. The fraction of sp³-hybridized carbons (Fsp3) is 0.714. The summed E-state index contributed by atoms with van der Waals surface area (Å²) in [5.41, 5.74) is 0. The summed E-state index contributed by atoms with van der Waals surface area (Å²) in [5.74, 6) is -1.43. The van der Waals surface area contributed by atoms with Crippen molar-refractivity contribution in [2.75, 3.05) is 23.3 Å². The SMILES string of the molecule is FC(F)(F)CN(CCBr)c1nc(C(F)(F)F)ns1. The summed E-state index contributed by atoms with van der Waals surface area (Å²) in [5, 5.41) is -0.233. The third-order valence-electron chi connectivity index (χ3n) is 1.66. The first kappa shape index (κ1) is 15.5. The zero-order valence-electron chi connectivity index (χ0n) is 8.52. The summed E-state index contributed by atoms with van der Waals surface area (Å²) >= 11 is 3.22. The molecule has 18 heavy (non-hydrogen) atoms. The monoisotopic (exact) mass is 357 g/mol. The van der Waals surface area contributed by atoms with Gasteiger partial charge in [0.25, 0.3) is 0 Å². The van der Waals surface area contributed by atoms with Crippen LogP contribution in [0.2, 0.25) is 0 Å². The zero-order valence-corrected chi connectivity index (χ0v) is 10.9. The first-order valence-electron chi connectivity index (χ1n) is 4.42. The van der Waals surface area contributed by atoms with Crippen molar-refractivity contribution >= 4 is 32.6 Å². The highest BCUT2D eigenvalue weighted by Gasteiger charge is 2.38. The minimum absolute atomic E-state index is 0.119. The van der Waals surface area contributed by atoms with Crippen molar-refractivity contribution in [1.29, 1.82) is 0 Å². The lowest BCUT2D eigenvalue weighted by atomic mass is 10.5. The van der Waals surface area contributed by atoms with Crippen molar-refractivity contribution in [2.24, 2.45) is 0 Å². The van der Waals surface area contributed by atoms with E-state index >= 15 is 0 Å². The number of nitrogens with zero attached hydrogens (tertiary/aromatic N) is 3. The van der Waals surface area contributed by atoms with Gasteiger partial charge in [-0.2, -0.15) is 35.7 Å². The van der Waals surface area contributed by atoms with Crippen molar-refractivity contribution in [2.45, 2.75) is 12.4 Å². The number of anilines is 1. The second-order valence-electron chi connectivity index (χ2n) is 3.12. The predicted octanol–water partition coefficient (Wildman–Crippen LogP) is 3.32. The van der Waals surface area contributed by atoms with Gasteiger partial charge in [0, 0.05) is 23.4 Å². The molecule has 3 nitrogen and oxygen atoms in total. The largest absolute Gasteiger partial charge is 0.452 e. The Kier molecular flexibility index (Phi) is 4.81. The highest BCUT2D eigenvalue weighted by atomic mass is 79.9. The molecule has 0 spiro atoms. The molecule has 1 aromatic heterocycles. The normalized spacial score (nSPS) is 12.8. The summed E-state index contributed by atoms with van der Waals surface area (Å²) in [6.45, 7) is -1.49. The van der Waals surface area contributed by atoms with Crippen molar-refractivity contribution in [3.63, 3.8) is 0 Å². The molecular weight excluding hydrogens is 352 g/mol. The zero-order chi connectivity index (χ0) is 14.0. The van der Waals surface area contributed by atoms with Gasteiger partial charge >= 0.3 is 12.4 Å². The summed E-state index contributed by atoms with van der Waals surface area (Å²) in [6, 6.07) is 0. The van der Waals surface area contributed by atoms with E-state index in [-0.39, 0.29) is 23.4 Å². The fourth-order valence-corrected chi connectivity index (χ4v) is 2.16. The van der Waals surface area contributed by atoms with Gasteiger partial charge in [-0.3, -0.25) is 0 Å². The van der Waals surface area contributed by atoms with E-state index in [1.54, 1.807) is 0 Å². The third kappa shape index (κ3) is 4.59.